The van der Waals surface area contributed by atoms with Gasteiger partial charge in [0.15, 0.2) is 0 Å². The van der Waals surface area contributed by atoms with Crippen LogP contribution < -0.4 is 5.32 Å². The summed E-state index contributed by atoms with van der Waals surface area (Å²) in [4.78, 5) is 26.1. The number of thioether (sulfide) groups is 1. The first-order valence-electron chi connectivity index (χ1n) is 7.91. The topological polar surface area (TPSA) is 58.6 Å². The number of hydrogen-bond donors (Lipinski definition) is 1. The van der Waals surface area contributed by atoms with Crippen molar-refractivity contribution in [2.75, 3.05) is 19.1 Å². The van der Waals surface area contributed by atoms with Gasteiger partial charge in [0.05, 0.1) is 24.2 Å². The number of esters is 1. The van der Waals surface area contributed by atoms with Crippen molar-refractivity contribution in [2.45, 2.75) is 0 Å². The first kappa shape index (κ1) is 19.4. The van der Waals surface area contributed by atoms with Crippen LogP contribution in [0.2, 0.25) is 5.02 Å². The molecule has 1 N–H and O–H groups in total. The van der Waals surface area contributed by atoms with Crippen molar-refractivity contribution in [3.63, 3.8) is 0 Å². The molecule has 1 heterocycles. The number of ether oxygens (including phenoxy) is 1. The van der Waals surface area contributed by atoms with E-state index >= 15 is 0 Å². The van der Waals surface area contributed by atoms with E-state index in [1.807, 2.05) is 12.1 Å². The summed E-state index contributed by atoms with van der Waals surface area (Å²) in [5, 5.41) is 3.80. The van der Waals surface area contributed by atoms with Gasteiger partial charge in [0.1, 0.15) is 4.32 Å². The molecule has 1 fully saturated rings. The van der Waals surface area contributed by atoms with Crippen LogP contribution in [-0.4, -0.2) is 34.9 Å². The third-order valence-electron chi connectivity index (χ3n) is 3.79. The summed E-state index contributed by atoms with van der Waals surface area (Å²) in [6, 6.07) is 14.0. The van der Waals surface area contributed by atoms with Gasteiger partial charge in [-0.05, 0) is 48.0 Å². The number of carbonyl (C=O) groups is 2. The van der Waals surface area contributed by atoms with Crippen LogP contribution in [0.25, 0.3) is 6.08 Å². The number of amides is 1. The lowest BCUT2D eigenvalue weighted by Crippen LogP contribution is -2.33. The maximum absolute atomic E-state index is 12.6. The minimum Gasteiger partial charge on any atom is -0.465 e. The predicted octanol–water partition coefficient (Wildman–Crippen LogP) is 4.40. The highest BCUT2D eigenvalue weighted by Gasteiger charge is 2.31. The zero-order chi connectivity index (χ0) is 19.4. The highest BCUT2D eigenvalue weighted by molar-refractivity contribution is 8.26. The summed E-state index contributed by atoms with van der Waals surface area (Å²) in [6.45, 7) is 0.269. The van der Waals surface area contributed by atoms with Crippen LogP contribution in [0.5, 0.6) is 0 Å². The molecule has 0 atom stereocenters. The van der Waals surface area contributed by atoms with Gasteiger partial charge in [-0.15, -0.1) is 0 Å². The molecule has 0 unspecified atom stereocenters. The molecule has 5 nitrogen and oxygen atoms in total. The Labute approximate surface area is 171 Å². The summed E-state index contributed by atoms with van der Waals surface area (Å²) in [5.41, 5.74) is 2.10. The van der Waals surface area contributed by atoms with Gasteiger partial charge in [0.2, 0.25) is 0 Å². The Morgan fingerprint density at radius 3 is 2.52 bits per heavy atom. The number of halogens is 1. The number of nitrogens with zero attached hydrogens (tertiary/aromatic N) is 1. The largest absolute Gasteiger partial charge is 0.465 e. The lowest BCUT2D eigenvalue weighted by atomic mass is 10.1. The van der Waals surface area contributed by atoms with E-state index in [9.17, 15) is 9.59 Å². The lowest BCUT2D eigenvalue weighted by molar-refractivity contribution is -0.121. The number of rotatable bonds is 5. The molecule has 2 aromatic carbocycles. The molecule has 0 radical (unpaired) electrons. The van der Waals surface area contributed by atoms with E-state index in [1.165, 1.54) is 23.8 Å². The zero-order valence-electron chi connectivity index (χ0n) is 14.3. The Hall–Kier alpha value is -2.35. The standard InChI is InChI=1S/C19H15ClN2O3S2/c1-25-18(24)13-4-2-12(3-5-13)10-16-17(23)22(19(26)27-16)11-21-15-8-6-14(20)7-9-15/h2-10,21H,11H2,1H3. The van der Waals surface area contributed by atoms with E-state index in [2.05, 4.69) is 10.1 Å². The molecule has 0 bridgehead atoms. The fraction of sp³-hybridized carbons (Fsp3) is 0.105. The number of thiocarbonyl (C=S) groups is 1. The van der Waals surface area contributed by atoms with Crippen molar-refractivity contribution >= 4 is 63.5 Å². The van der Waals surface area contributed by atoms with E-state index in [0.717, 1.165) is 11.3 Å². The molecule has 27 heavy (non-hydrogen) atoms. The lowest BCUT2D eigenvalue weighted by Gasteiger charge is -2.16. The van der Waals surface area contributed by atoms with Crippen LogP contribution in [0.3, 0.4) is 0 Å². The van der Waals surface area contributed by atoms with E-state index in [4.69, 9.17) is 23.8 Å². The summed E-state index contributed by atoms with van der Waals surface area (Å²) >= 11 is 12.4. The van der Waals surface area contributed by atoms with Crippen molar-refractivity contribution in [2.24, 2.45) is 0 Å². The smallest absolute Gasteiger partial charge is 0.337 e. The molecular formula is C19H15ClN2O3S2. The third kappa shape index (κ3) is 4.68. The fourth-order valence-corrected chi connectivity index (χ4v) is 3.74. The minimum atomic E-state index is -0.402. The van der Waals surface area contributed by atoms with E-state index < -0.39 is 5.97 Å². The number of benzene rings is 2. The van der Waals surface area contributed by atoms with Gasteiger partial charge in [-0.3, -0.25) is 9.69 Å². The highest BCUT2D eigenvalue weighted by Crippen LogP contribution is 2.32. The number of carbonyl (C=O) groups excluding carboxylic acids is 2. The maximum Gasteiger partial charge on any atom is 0.337 e. The second-order valence-corrected chi connectivity index (χ2v) is 7.68. The van der Waals surface area contributed by atoms with Gasteiger partial charge < -0.3 is 10.1 Å². The number of methoxy groups -OCH3 is 1. The van der Waals surface area contributed by atoms with Crippen molar-refractivity contribution in [1.82, 2.24) is 4.90 Å². The van der Waals surface area contributed by atoms with Crippen molar-refractivity contribution < 1.29 is 14.3 Å². The highest BCUT2D eigenvalue weighted by atomic mass is 35.5. The average molecular weight is 419 g/mol. The van der Waals surface area contributed by atoms with Crippen LogP contribution in [0.4, 0.5) is 5.69 Å². The molecule has 2 aromatic rings. The number of hydrogen-bond acceptors (Lipinski definition) is 6. The average Bonchev–Trinajstić information content (AvgIpc) is 2.94. The fourth-order valence-electron chi connectivity index (χ4n) is 2.36. The first-order valence-corrected chi connectivity index (χ1v) is 9.51. The third-order valence-corrected chi connectivity index (χ3v) is 5.42. The van der Waals surface area contributed by atoms with Gasteiger partial charge in [-0.2, -0.15) is 0 Å². The van der Waals surface area contributed by atoms with Gasteiger partial charge >= 0.3 is 5.97 Å². The molecule has 0 saturated carbocycles. The Morgan fingerprint density at radius 2 is 1.89 bits per heavy atom. The number of nitrogens with one attached hydrogen (secondary N) is 1. The first-order chi connectivity index (χ1) is 13.0. The molecule has 0 aliphatic carbocycles. The molecule has 1 aliphatic heterocycles. The van der Waals surface area contributed by atoms with E-state index in [0.29, 0.717) is 19.8 Å². The van der Waals surface area contributed by atoms with Gasteiger partial charge in [-0.25, -0.2) is 4.79 Å². The Kier molecular flexibility index (Phi) is 6.15. The van der Waals surface area contributed by atoms with Crippen molar-refractivity contribution in [3.05, 3.63) is 69.6 Å². The normalized spacial score (nSPS) is 15.3. The van der Waals surface area contributed by atoms with Gasteiger partial charge in [0, 0.05) is 10.7 Å². The van der Waals surface area contributed by atoms with E-state index in [1.54, 1.807) is 42.5 Å². The second-order valence-electron chi connectivity index (χ2n) is 5.57. The molecule has 3 rings (SSSR count). The molecule has 1 amide bonds. The van der Waals surface area contributed by atoms with Crippen LogP contribution in [0, 0.1) is 0 Å². The van der Waals surface area contributed by atoms with Crippen LogP contribution >= 0.6 is 35.6 Å². The Morgan fingerprint density at radius 1 is 1.22 bits per heavy atom. The summed E-state index contributed by atoms with van der Waals surface area (Å²) in [6.07, 6.45) is 1.75. The minimum absolute atomic E-state index is 0.163. The molecule has 1 saturated heterocycles. The van der Waals surface area contributed by atoms with Crippen molar-refractivity contribution in [1.29, 1.82) is 0 Å². The summed E-state index contributed by atoms with van der Waals surface area (Å²) < 4.78 is 5.16. The molecule has 0 aromatic heterocycles. The number of anilines is 1. The quantitative estimate of drug-likeness (QED) is 0.441. The molecule has 0 spiro atoms. The molecule has 8 heteroatoms. The van der Waals surface area contributed by atoms with Crippen LogP contribution in [0.15, 0.2) is 53.4 Å². The maximum atomic E-state index is 12.6. The zero-order valence-corrected chi connectivity index (χ0v) is 16.7. The molecular weight excluding hydrogens is 404 g/mol. The van der Waals surface area contributed by atoms with Crippen LogP contribution in [0.1, 0.15) is 15.9 Å². The Balaban J connectivity index is 1.68. The summed E-state index contributed by atoms with van der Waals surface area (Å²) in [5.74, 6) is -0.565. The van der Waals surface area contributed by atoms with E-state index in [-0.39, 0.29) is 12.6 Å². The van der Waals surface area contributed by atoms with Gasteiger partial charge in [0.25, 0.3) is 5.91 Å². The Bertz CT molecular complexity index is 912. The molecule has 1 aliphatic rings. The van der Waals surface area contributed by atoms with Crippen molar-refractivity contribution in [3.8, 4) is 0 Å². The van der Waals surface area contributed by atoms with Gasteiger partial charge in [-0.1, -0.05) is 47.7 Å². The monoisotopic (exact) mass is 418 g/mol. The second kappa shape index (κ2) is 8.56. The summed E-state index contributed by atoms with van der Waals surface area (Å²) in [7, 11) is 1.33. The molecule has 138 valence electrons. The SMILES string of the molecule is COC(=O)c1ccc(C=C2SC(=S)N(CNc3ccc(Cl)cc3)C2=O)cc1. The predicted molar refractivity (Wildman–Crippen MR) is 113 cm³/mol. The van der Waals surface area contributed by atoms with Crippen LogP contribution in [-0.2, 0) is 9.53 Å².